The van der Waals surface area contributed by atoms with E-state index >= 15 is 0 Å². The number of nitrogens with zero attached hydrogens (tertiary/aromatic N) is 1. The standard InChI is InChI=1S/C22H22FNO3/c1-3-24-12-17(15-6-8-16(26-2)9-7-15)22(25)20-18(23)10-11-19(21(20)24)27-13-14-4-5-14/h6-12,14H,3-5,13H2,1-2H3. The topological polar surface area (TPSA) is 40.5 Å². The van der Waals surface area contributed by atoms with Crippen LogP contribution >= 0.6 is 0 Å². The van der Waals surface area contributed by atoms with Crippen molar-refractivity contribution in [3.8, 4) is 22.6 Å². The zero-order valence-corrected chi connectivity index (χ0v) is 15.5. The summed E-state index contributed by atoms with van der Waals surface area (Å²) in [5, 5.41) is 0.0819. The number of benzene rings is 2. The van der Waals surface area contributed by atoms with Crippen LogP contribution in [-0.2, 0) is 6.54 Å². The molecule has 1 aromatic heterocycles. The van der Waals surface area contributed by atoms with Gasteiger partial charge in [0, 0.05) is 18.3 Å². The number of aromatic nitrogens is 1. The molecule has 1 saturated carbocycles. The van der Waals surface area contributed by atoms with Crippen molar-refractivity contribution < 1.29 is 13.9 Å². The van der Waals surface area contributed by atoms with Crippen molar-refractivity contribution >= 4 is 10.9 Å². The molecule has 140 valence electrons. The van der Waals surface area contributed by atoms with Gasteiger partial charge in [0.25, 0.3) is 0 Å². The lowest BCUT2D eigenvalue weighted by Gasteiger charge is -2.16. The van der Waals surface area contributed by atoms with Gasteiger partial charge in [0.15, 0.2) is 5.43 Å². The number of methoxy groups -OCH3 is 1. The molecule has 0 aliphatic heterocycles. The summed E-state index contributed by atoms with van der Waals surface area (Å²) in [7, 11) is 1.59. The minimum atomic E-state index is -0.522. The zero-order chi connectivity index (χ0) is 19.0. The van der Waals surface area contributed by atoms with Gasteiger partial charge < -0.3 is 14.0 Å². The molecule has 0 radical (unpaired) electrons. The van der Waals surface area contributed by atoms with Crippen LogP contribution in [0.4, 0.5) is 4.39 Å². The summed E-state index contributed by atoms with van der Waals surface area (Å²) in [5.41, 5.74) is 1.40. The van der Waals surface area contributed by atoms with Crippen LogP contribution in [-0.4, -0.2) is 18.3 Å². The highest BCUT2D eigenvalue weighted by molar-refractivity contribution is 5.89. The lowest BCUT2D eigenvalue weighted by molar-refractivity contribution is 0.301. The molecule has 2 aromatic carbocycles. The summed E-state index contributed by atoms with van der Waals surface area (Å²) < 4.78 is 27.7. The second-order valence-electron chi connectivity index (χ2n) is 6.91. The number of rotatable bonds is 6. The average Bonchev–Trinajstić information content (AvgIpc) is 3.52. The molecular formula is C22H22FNO3. The lowest BCUT2D eigenvalue weighted by atomic mass is 10.0. The van der Waals surface area contributed by atoms with Crippen LogP contribution in [0.2, 0.25) is 0 Å². The quantitative estimate of drug-likeness (QED) is 0.638. The van der Waals surface area contributed by atoms with E-state index in [0.29, 0.717) is 41.6 Å². The summed E-state index contributed by atoms with van der Waals surface area (Å²) in [5.74, 6) is 1.33. The summed E-state index contributed by atoms with van der Waals surface area (Å²) in [6.45, 7) is 3.18. The molecule has 27 heavy (non-hydrogen) atoms. The maximum atomic E-state index is 14.7. The van der Waals surface area contributed by atoms with Crippen LogP contribution in [0.5, 0.6) is 11.5 Å². The molecule has 0 atom stereocenters. The van der Waals surface area contributed by atoms with Crippen molar-refractivity contribution in [1.82, 2.24) is 4.57 Å². The maximum absolute atomic E-state index is 14.7. The molecule has 0 unspecified atom stereocenters. The Balaban J connectivity index is 1.90. The number of ether oxygens (including phenoxy) is 2. The third-order valence-electron chi connectivity index (χ3n) is 5.05. The van der Waals surface area contributed by atoms with Crippen LogP contribution in [0.25, 0.3) is 22.0 Å². The molecule has 1 aliphatic rings. The number of fused-ring (bicyclic) bond motifs is 1. The molecule has 0 bridgehead atoms. The normalized spacial score (nSPS) is 13.7. The minimum absolute atomic E-state index is 0.0819. The highest BCUT2D eigenvalue weighted by Crippen LogP contribution is 2.33. The van der Waals surface area contributed by atoms with Gasteiger partial charge in [0.2, 0.25) is 0 Å². The largest absolute Gasteiger partial charge is 0.497 e. The van der Waals surface area contributed by atoms with Crippen LogP contribution < -0.4 is 14.9 Å². The van der Waals surface area contributed by atoms with E-state index in [0.717, 1.165) is 5.56 Å². The Morgan fingerprint density at radius 3 is 2.52 bits per heavy atom. The number of pyridine rings is 1. The second kappa shape index (κ2) is 7.06. The Hall–Kier alpha value is -2.82. The summed E-state index contributed by atoms with van der Waals surface area (Å²) in [6, 6.07) is 10.2. The predicted molar refractivity (Wildman–Crippen MR) is 104 cm³/mol. The van der Waals surface area contributed by atoms with Gasteiger partial charge in [-0.15, -0.1) is 0 Å². The van der Waals surface area contributed by atoms with E-state index in [1.54, 1.807) is 31.5 Å². The third kappa shape index (κ3) is 3.29. The van der Waals surface area contributed by atoms with Crippen molar-refractivity contribution in [2.45, 2.75) is 26.3 Å². The van der Waals surface area contributed by atoms with E-state index in [4.69, 9.17) is 9.47 Å². The molecule has 0 N–H and O–H groups in total. The van der Waals surface area contributed by atoms with Crippen LogP contribution in [0.15, 0.2) is 47.4 Å². The lowest BCUT2D eigenvalue weighted by Crippen LogP contribution is -2.14. The molecule has 5 heteroatoms. The van der Waals surface area contributed by atoms with Gasteiger partial charge in [0.05, 0.1) is 24.6 Å². The van der Waals surface area contributed by atoms with Crippen molar-refractivity contribution in [2.24, 2.45) is 5.92 Å². The molecule has 1 fully saturated rings. The Kier molecular flexibility index (Phi) is 4.60. The number of hydrogen-bond donors (Lipinski definition) is 0. The fraction of sp³-hybridized carbons (Fsp3) is 0.318. The Bertz CT molecular complexity index is 1040. The predicted octanol–water partition coefficient (Wildman–Crippen LogP) is 4.62. The van der Waals surface area contributed by atoms with Gasteiger partial charge in [0.1, 0.15) is 17.3 Å². The van der Waals surface area contributed by atoms with E-state index < -0.39 is 5.82 Å². The smallest absolute Gasteiger partial charge is 0.200 e. The van der Waals surface area contributed by atoms with Crippen molar-refractivity contribution in [2.75, 3.05) is 13.7 Å². The number of hydrogen-bond acceptors (Lipinski definition) is 3. The second-order valence-corrected chi connectivity index (χ2v) is 6.91. The highest BCUT2D eigenvalue weighted by atomic mass is 19.1. The van der Waals surface area contributed by atoms with E-state index in [1.165, 1.54) is 18.9 Å². The zero-order valence-electron chi connectivity index (χ0n) is 15.5. The average molecular weight is 367 g/mol. The van der Waals surface area contributed by atoms with Crippen LogP contribution in [0.1, 0.15) is 19.8 Å². The van der Waals surface area contributed by atoms with E-state index in [9.17, 15) is 9.18 Å². The van der Waals surface area contributed by atoms with Gasteiger partial charge in [-0.05, 0) is 55.5 Å². The van der Waals surface area contributed by atoms with Crippen LogP contribution in [0, 0.1) is 11.7 Å². The SMILES string of the molecule is CCn1cc(-c2ccc(OC)cc2)c(=O)c2c(F)ccc(OCC3CC3)c21. The van der Waals surface area contributed by atoms with Gasteiger partial charge >= 0.3 is 0 Å². The molecule has 0 spiro atoms. The minimum Gasteiger partial charge on any atom is -0.497 e. The first-order chi connectivity index (χ1) is 13.1. The summed E-state index contributed by atoms with van der Waals surface area (Å²) in [4.78, 5) is 13.1. The van der Waals surface area contributed by atoms with E-state index in [1.807, 2.05) is 23.6 Å². The number of aryl methyl sites for hydroxylation is 1. The van der Waals surface area contributed by atoms with Crippen molar-refractivity contribution in [3.05, 3.63) is 58.6 Å². The van der Waals surface area contributed by atoms with E-state index in [2.05, 4.69) is 0 Å². The Labute approximate surface area is 157 Å². The van der Waals surface area contributed by atoms with Crippen molar-refractivity contribution in [3.63, 3.8) is 0 Å². The third-order valence-corrected chi connectivity index (χ3v) is 5.05. The molecule has 1 aliphatic carbocycles. The first kappa shape index (κ1) is 17.6. The molecule has 4 nitrogen and oxygen atoms in total. The summed E-state index contributed by atoms with van der Waals surface area (Å²) in [6.07, 6.45) is 4.12. The van der Waals surface area contributed by atoms with E-state index in [-0.39, 0.29) is 10.8 Å². The monoisotopic (exact) mass is 367 g/mol. The molecule has 3 aromatic rings. The molecular weight excluding hydrogens is 345 g/mol. The fourth-order valence-corrected chi connectivity index (χ4v) is 3.30. The Morgan fingerprint density at radius 1 is 1.15 bits per heavy atom. The molecule has 4 rings (SSSR count). The number of halogens is 1. The first-order valence-electron chi connectivity index (χ1n) is 9.25. The first-order valence-corrected chi connectivity index (χ1v) is 9.25. The van der Waals surface area contributed by atoms with Crippen molar-refractivity contribution in [1.29, 1.82) is 0 Å². The summed E-state index contributed by atoms with van der Waals surface area (Å²) >= 11 is 0. The van der Waals surface area contributed by atoms with Crippen LogP contribution in [0.3, 0.4) is 0 Å². The molecule has 1 heterocycles. The Morgan fingerprint density at radius 2 is 1.89 bits per heavy atom. The fourth-order valence-electron chi connectivity index (χ4n) is 3.30. The van der Waals surface area contributed by atoms with Gasteiger partial charge in [-0.2, -0.15) is 0 Å². The molecule has 0 saturated heterocycles. The van der Waals surface area contributed by atoms with Gasteiger partial charge in [-0.3, -0.25) is 4.79 Å². The maximum Gasteiger partial charge on any atom is 0.200 e. The van der Waals surface area contributed by atoms with Gasteiger partial charge in [-0.25, -0.2) is 4.39 Å². The highest BCUT2D eigenvalue weighted by Gasteiger charge is 2.23. The molecule has 0 amide bonds. The van der Waals surface area contributed by atoms with Gasteiger partial charge in [-0.1, -0.05) is 12.1 Å².